The first-order valence-electron chi connectivity index (χ1n) is 8.16. The molecule has 2 aromatic rings. The van der Waals surface area contributed by atoms with Crippen LogP contribution in [0.1, 0.15) is 30.9 Å². The van der Waals surface area contributed by atoms with Gasteiger partial charge in [0.1, 0.15) is 0 Å². The lowest BCUT2D eigenvalue weighted by Crippen LogP contribution is -2.63. The third-order valence-corrected chi connectivity index (χ3v) is 6.49. The van der Waals surface area contributed by atoms with Crippen molar-refractivity contribution < 1.29 is 32.8 Å². The van der Waals surface area contributed by atoms with E-state index in [1.54, 1.807) is 43.3 Å². The van der Waals surface area contributed by atoms with Crippen molar-refractivity contribution in [3.63, 3.8) is 0 Å². The molecule has 0 saturated heterocycles. The van der Waals surface area contributed by atoms with Crippen LogP contribution in [0, 0.1) is 0 Å². The largest absolute Gasteiger partial charge is 0.481 e. The van der Waals surface area contributed by atoms with Crippen molar-refractivity contribution in [3.05, 3.63) is 71.8 Å². The smallest absolute Gasteiger partial charge is 0.329 e. The summed E-state index contributed by atoms with van der Waals surface area (Å²) in [4.78, 5) is 23.9. The molecule has 1 atom stereocenters. The molecule has 0 radical (unpaired) electrons. The molecular formula is C19H20O7S. The van der Waals surface area contributed by atoms with E-state index in [9.17, 15) is 32.8 Å². The van der Waals surface area contributed by atoms with Crippen LogP contribution in [0.2, 0.25) is 0 Å². The quantitative estimate of drug-likeness (QED) is 0.589. The Morgan fingerprint density at radius 1 is 0.889 bits per heavy atom. The molecule has 0 bridgehead atoms. The van der Waals surface area contributed by atoms with Gasteiger partial charge in [-0.1, -0.05) is 67.6 Å². The van der Waals surface area contributed by atoms with Gasteiger partial charge in [0.05, 0.1) is 11.8 Å². The van der Waals surface area contributed by atoms with Crippen molar-refractivity contribution in [1.29, 1.82) is 0 Å². The minimum atomic E-state index is -5.37. The third kappa shape index (κ3) is 3.22. The van der Waals surface area contributed by atoms with Crippen LogP contribution >= 0.6 is 0 Å². The fraction of sp³-hybridized carbons (Fsp3) is 0.263. The summed E-state index contributed by atoms with van der Waals surface area (Å²) < 4.78 is 32.0. The lowest BCUT2D eigenvalue weighted by atomic mass is 9.62. The van der Waals surface area contributed by atoms with Crippen molar-refractivity contribution in [3.8, 4) is 0 Å². The zero-order valence-corrected chi connectivity index (χ0v) is 15.4. The van der Waals surface area contributed by atoms with Crippen molar-refractivity contribution >= 4 is 22.1 Å². The first-order chi connectivity index (χ1) is 12.6. The molecule has 8 heteroatoms. The SMILES string of the molecule is CCC(c1ccccc1)(c1ccccc1)C(CC(=O)O)(C(=O)O)S(=O)(=O)O. The van der Waals surface area contributed by atoms with Gasteiger partial charge >= 0.3 is 11.9 Å². The van der Waals surface area contributed by atoms with E-state index in [-0.39, 0.29) is 17.5 Å². The fourth-order valence-corrected chi connectivity index (χ4v) is 5.16. The van der Waals surface area contributed by atoms with E-state index >= 15 is 0 Å². The van der Waals surface area contributed by atoms with Crippen molar-refractivity contribution in [1.82, 2.24) is 0 Å². The van der Waals surface area contributed by atoms with Crippen LogP contribution in [-0.2, 0) is 25.1 Å². The van der Waals surface area contributed by atoms with Gasteiger partial charge in [-0.3, -0.25) is 14.1 Å². The lowest BCUT2D eigenvalue weighted by molar-refractivity contribution is -0.148. The molecule has 3 N–H and O–H groups in total. The zero-order chi connectivity index (χ0) is 20.3. The second-order valence-electron chi connectivity index (χ2n) is 6.17. The number of benzene rings is 2. The van der Waals surface area contributed by atoms with Gasteiger partial charge in [0, 0.05) is 0 Å². The molecular weight excluding hydrogens is 372 g/mol. The molecule has 0 heterocycles. The van der Waals surface area contributed by atoms with Gasteiger partial charge in [0.25, 0.3) is 10.1 Å². The zero-order valence-electron chi connectivity index (χ0n) is 14.6. The molecule has 0 aliphatic heterocycles. The van der Waals surface area contributed by atoms with Gasteiger partial charge in [0.2, 0.25) is 4.75 Å². The Kier molecular flexibility index (Phi) is 5.72. The number of hydrogen-bond acceptors (Lipinski definition) is 4. The number of aliphatic carboxylic acids is 2. The Morgan fingerprint density at radius 3 is 1.56 bits per heavy atom. The van der Waals surface area contributed by atoms with Gasteiger partial charge in [-0.15, -0.1) is 0 Å². The summed E-state index contributed by atoms with van der Waals surface area (Å²) in [6.07, 6.45) is -1.39. The average molecular weight is 392 g/mol. The van der Waals surface area contributed by atoms with Gasteiger partial charge in [-0.05, 0) is 17.5 Å². The highest BCUT2D eigenvalue weighted by molar-refractivity contribution is 7.88. The molecule has 0 aliphatic rings. The van der Waals surface area contributed by atoms with E-state index in [1.165, 1.54) is 24.3 Å². The summed E-state index contributed by atoms with van der Waals surface area (Å²) in [6, 6.07) is 15.8. The Morgan fingerprint density at radius 2 is 1.30 bits per heavy atom. The number of rotatable bonds is 8. The predicted octanol–water partition coefficient (Wildman–Crippen LogP) is 2.57. The maximum atomic E-state index is 12.5. The Bertz CT molecular complexity index is 884. The summed E-state index contributed by atoms with van der Waals surface area (Å²) in [5.74, 6) is -3.58. The van der Waals surface area contributed by atoms with E-state index in [1.807, 2.05) is 0 Å². The third-order valence-electron chi connectivity index (χ3n) is 4.94. The van der Waals surface area contributed by atoms with Crippen molar-refractivity contribution in [2.45, 2.75) is 29.9 Å². The van der Waals surface area contributed by atoms with E-state index < -0.39 is 38.6 Å². The van der Waals surface area contributed by atoms with Crippen LogP contribution in [-0.4, -0.2) is 39.9 Å². The first kappa shape index (κ1) is 20.6. The average Bonchev–Trinajstić information content (AvgIpc) is 2.62. The number of carbonyl (C=O) groups is 2. The van der Waals surface area contributed by atoms with Gasteiger partial charge < -0.3 is 10.2 Å². The molecule has 0 amide bonds. The first-order valence-corrected chi connectivity index (χ1v) is 9.60. The molecule has 144 valence electrons. The molecule has 0 spiro atoms. The molecule has 27 heavy (non-hydrogen) atoms. The predicted molar refractivity (Wildman–Crippen MR) is 98.1 cm³/mol. The Hall–Kier alpha value is -2.71. The fourth-order valence-electron chi connectivity index (χ4n) is 3.82. The monoisotopic (exact) mass is 392 g/mol. The van der Waals surface area contributed by atoms with Crippen molar-refractivity contribution in [2.75, 3.05) is 0 Å². The maximum Gasteiger partial charge on any atom is 0.329 e. The number of carboxylic acid groups (broad SMARTS) is 2. The highest BCUT2D eigenvalue weighted by Gasteiger charge is 2.67. The summed E-state index contributed by atoms with van der Waals surface area (Å²) in [5, 5.41) is 19.4. The molecule has 0 aromatic heterocycles. The molecule has 2 rings (SSSR count). The summed E-state index contributed by atoms with van der Waals surface area (Å²) in [7, 11) is -5.37. The van der Waals surface area contributed by atoms with Crippen molar-refractivity contribution in [2.24, 2.45) is 0 Å². The number of carboxylic acids is 2. The normalized spacial score (nSPS) is 14.3. The molecule has 0 aliphatic carbocycles. The van der Waals surface area contributed by atoms with Gasteiger partial charge in [-0.25, -0.2) is 0 Å². The van der Waals surface area contributed by atoms with Crippen LogP contribution < -0.4 is 0 Å². The molecule has 0 saturated carbocycles. The second-order valence-corrected chi connectivity index (χ2v) is 7.82. The van der Waals surface area contributed by atoms with Crippen LogP contribution in [0.25, 0.3) is 0 Å². The highest BCUT2D eigenvalue weighted by atomic mass is 32.2. The molecule has 1 unspecified atom stereocenters. The van der Waals surface area contributed by atoms with Crippen LogP contribution in [0.3, 0.4) is 0 Å². The minimum absolute atomic E-state index is 0.0829. The van der Waals surface area contributed by atoms with E-state index in [0.29, 0.717) is 0 Å². The summed E-state index contributed by atoms with van der Waals surface area (Å²) in [6.45, 7) is 1.56. The van der Waals surface area contributed by atoms with E-state index in [0.717, 1.165) is 0 Å². The van der Waals surface area contributed by atoms with Gasteiger partial charge in [0.15, 0.2) is 0 Å². The lowest BCUT2D eigenvalue weighted by Gasteiger charge is -2.45. The Balaban J connectivity index is 3.09. The van der Waals surface area contributed by atoms with Gasteiger partial charge in [-0.2, -0.15) is 8.42 Å². The molecule has 2 aromatic carbocycles. The van der Waals surface area contributed by atoms with E-state index in [2.05, 4.69) is 0 Å². The molecule has 0 fully saturated rings. The highest BCUT2D eigenvalue weighted by Crippen LogP contribution is 2.50. The van der Waals surface area contributed by atoms with Crippen LogP contribution in [0.5, 0.6) is 0 Å². The topological polar surface area (TPSA) is 129 Å². The van der Waals surface area contributed by atoms with Crippen LogP contribution in [0.15, 0.2) is 60.7 Å². The maximum absolute atomic E-state index is 12.5. The molecule has 7 nitrogen and oxygen atoms in total. The summed E-state index contributed by atoms with van der Waals surface area (Å²) >= 11 is 0. The number of hydrogen-bond donors (Lipinski definition) is 3. The second kappa shape index (κ2) is 7.50. The Labute approximate surface area is 157 Å². The van der Waals surface area contributed by atoms with Crippen LogP contribution in [0.4, 0.5) is 0 Å². The standard InChI is InChI=1S/C19H20O7S/c1-2-18(14-9-5-3-6-10-14,15-11-7-4-8-12-15)19(17(22)23,13-16(20)21)27(24,25)26/h3-12H,2,13H2,1H3,(H,20,21)(H,22,23)(H,24,25,26). The van der Waals surface area contributed by atoms with E-state index in [4.69, 9.17) is 0 Å². The minimum Gasteiger partial charge on any atom is -0.481 e. The summed E-state index contributed by atoms with van der Waals surface area (Å²) in [5.41, 5.74) is -1.28.